The molecular weight excluding hydrogens is 309 g/mol. The maximum absolute atomic E-state index is 14.1. The summed E-state index contributed by atoms with van der Waals surface area (Å²) in [6.07, 6.45) is 0.759. The molecule has 0 saturated carbocycles. The average Bonchev–Trinajstić information content (AvgIpc) is 2.50. The summed E-state index contributed by atoms with van der Waals surface area (Å²) in [6.45, 7) is 7.47. The van der Waals surface area contributed by atoms with Crippen LogP contribution in [0.15, 0.2) is 12.1 Å². The van der Waals surface area contributed by atoms with E-state index in [1.807, 2.05) is 13.0 Å². The lowest BCUT2D eigenvalue weighted by atomic mass is 9.95. The van der Waals surface area contributed by atoms with Crippen LogP contribution >= 0.6 is 0 Å². The van der Waals surface area contributed by atoms with E-state index < -0.39 is 5.67 Å². The zero-order valence-electron chi connectivity index (χ0n) is 14.4. The van der Waals surface area contributed by atoms with Gasteiger partial charge in [-0.25, -0.2) is 4.39 Å². The summed E-state index contributed by atoms with van der Waals surface area (Å²) in [5, 5.41) is 3.25. The molecule has 3 N–H and O–H groups in total. The predicted octanol–water partition coefficient (Wildman–Crippen LogP) is 3.21. The van der Waals surface area contributed by atoms with Crippen molar-refractivity contribution in [1.82, 2.24) is 15.0 Å². The number of nitrogens with one attached hydrogen (secondary N) is 1. The van der Waals surface area contributed by atoms with Crippen molar-refractivity contribution in [2.45, 2.75) is 45.8 Å². The van der Waals surface area contributed by atoms with Crippen molar-refractivity contribution in [3.63, 3.8) is 0 Å². The van der Waals surface area contributed by atoms with Crippen LogP contribution in [0.1, 0.15) is 48.8 Å². The van der Waals surface area contributed by atoms with Gasteiger partial charge in [0.25, 0.3) is 0 Å². The first-order chi connectivity index (χ1) is 11.3. The number of benzene rings is 1. The monoisotopic (exact) mass is 331 g/mol. The van der Waals surface area contributed by atoms with E-state index in [1.54, 1.807) is 0 Å². The summed E-state index contributed by atoms with van der Waals surface area (Å²) in [5.41, 5.74) is 7.37. The van der Waals surface area contributed by atoms with Gasteiger partial charge in [-0.05, 0) is 38.8 Å². The summed E-state index contributed by atoms with van der Waals surface area (Å²) in [5.74, 6) is 1.19. The molecule has 24 heavy (non-hydrogen) atoms. The number of hydrogen-bond acceptors (Lipinski definition) is 6. The third-order valence-electron chi connectivity index (χ3n) is 4.22. The number of halogens is 1. The third kappa shape index (κ3) is 3.11. The van der Waals surface area contributed by atoms with Crippen LogP contribution in [-0.4, -0.2) is 21.6 Å². The summed E-state index contributed by atoms with van der Waals surface area (Å²) >= 11 is 0. The molecule has 2 aromatic rings. The fourth-order valence-corrected chi connectivity index (χ4v) is 2.74. The first-order valence-electron chi connectivity index (χ1n) is 7.96. The summed E-state index contributed by atoms with van der Waals surface area (Å²) < 4.78 is 20.0. The lowest BCUT2D eigenvalue weighted by Gasteiger charge is -2.28. The SMILES string of the molecule is Cc1ccc2c(c1C)OCC[C@@H]2Nc1nc(N)nc(C(C)(C)F)n1. The second-order valence-electron chi connectivity index (χ2n) is 6.57. The van der Waals surface area contributed by atoms with E-state index in [0.717, 1.165) is 23.3 Å². The average molecular weight is 331 g/mol. The van der Waals surface area contributed by atoms with Gasteiger partial charge in [0.05, 0.1) is 12.6 Å². The number of nitrogen functional groups attached to an aromatic ring is 1. The number of anilines is 2. The second kappa shape index (κ2) is 5.89. The van der Waals surface area contributed by atoms with Gasteiger partial charge in [0.15, 0.2) is 11.5 Å². The molecule has 1 atom stereocenters. The van der Waals surface area contributed by atoms with E-state index in [0.29, 0.717) is 6.61 Å². The Morgan fingerprint density at radius 1 is 1.25 bits per heavy atom. The standard InChI is InChI=1S/C17H22FN5O/c1-9-5-6-11-12(7-8-24-13(11)10(9)2)20-16-22-14(17(3,4)18)21-15(19)23-16/h5-6,12H,7-8H2,1-4H3,(H3,19,20,21,22,23)/t12-/m0/s1. The Morgan fingerprint density at radius 2 is 2.00 bits per heavy atom. The van der Waals surface area contributed by atoms with Gasteiger partial charge in [0.1, 0.15) is 5.75 Å². The van der Waals surface area contributed by atoms with Crippen LogP contribution in [0.5, 0.6) is 5.75 Å². The van der Waals surface area contributed by atoms with Crippen LogP contribution < -0.4 is 15.8 Å². The molecule has 128 valence electrons. The molecule has 1 aromatic carbocycles. The van der Waals surface area contributed by atoms with Crippen molar-refractivity contribution >= 4 is 11.9 Å². The van der Waals surface area contributed by atoms with Crippen LogP contribution in [0.25, 0.3) is 0 Å². The molecule has 6 nitrogen and oxygen atoms in total. The molecule has 7 heteroatoms. The first kappa shape index (κ1) is 16.4. The fraction of sp³-hybridized carbons (Fsp3) is 0.471. The van der Waals surface area contributed by atoms with Crippen LogP contribution in [0.2, 0.25) is 0 Å². The topological polar surface area (TPSA) is 86.0 Å². The first-order valence-corrected chi connectivity index (χ1v) is 7.96. The van der Waals surface area contributed by atoms with Gasteiger partial charge in [-0.15, -0.1) is 0 Å². The van der Waals surface area contributed by atoms with Gasteiger partial charge in [0.2, 0.25) is 11.9 Å². The molecule has 2 heterocycles. The molecule has 0 radical (unpaired) electrons. The molecule has 0 aliphatic carbocycles. The zero-order chi connectivity index (χ0) is 17.5. The highest BCUT2D eigenvalue weighted by atomic mass is 19.1. The van der Waals surface area contributed by atoms with Gasteiger partial charge in [-0.2, -0.15) is 15.0 Å². The number of alkyl halides is 1. The number of aromatic nitrogens is 3. The second-order valence-corrected chi connectivity index (χ2v) is 6.57. The minimum atomic E-state index is -1.69. The summed E-state index contributed by atoms with van der Waals surface area (Å²) in [6, 6.07) is 4.08. The van der Waals surface area contributed by atoms with Crippen molar-refractivity contribution < 1.29 is 9.13 Å². The highest BCUT2D eigenvalue weighted by Crippen LogP contribution is 2.37. The molecule has 1 aromatic heterocycles. The van der Waals surface area contributed by atoms with Crippen molar-refractivity contribution in [2.75, 3.05) is 17.7 Å². The van der Waals surface area contributed by atoms with Crippen LogP contribution in [0.4, 0.5) is 16.3 Å². The molecule has 0 fully saturated rings. The lowest BCUT2D eigenvalue weighted by molar-refractivity contribution is 0.206. The largest absolute Gasteiger partial charge is 0.493 e. The van der Waals surface area contributed by atoms with E-state index >= 15 is 0 Å². The molecule has 0 saturated heterocycles. The highest BCUT2D eigenvalue weighted by molar-refractivity contribution is 5.50. The van der Waals surface area contributed by atoms with Gasteiger partial charge in [-0.1, -0.05) is 12.1 Å². The van der Waals surface area contributed by atoms with Gasteiger partial charge < -0.3 is 15.8 Å². The van der Waals surface area contributed by atoms with Gasteiger partial charge in [-0.3, -0.25) is 0 Å². The predicted molar refractivity (Wildman–Crippen MR) is 90.8 cm³/mol. The number of fused-ring (bicyclic) bond motifs is 1. The molecule has 1 aliphatic heterocycles. The van der Waals surface area contributed by atoms with E-state index in [1.165, 1.54) is 19.4 Å². The minimum absolute atomic E-state index is 0.000551. The maximum Gasteiger partial charge on any atom is 0.228 e. The van der Waals surface area contributed by atoms with E-state index in [4.69, 9.17) is 10.5 Å². The smallest absolute Gasteiger partial charge is 0.228 e. The van der Waals surface area contributed by atoms with E-state index in [9.17, 15) is 4.39 Å². The Labute approximate surface area is 140 Å². The number of rotatable bonds is 3. The molecule has 3 rings (SSSR count). The summed E-state index contributed by atoms with van der Waals surface area (Å²) in [7, 11) is 0. The molecule has 0 spiro atoms. The van der Waals surface area contributed by atoms with E-state index in [2.05, 4.69) is 33.3 Å². The van der Waals surface area contributed by atoms with E-state index in [-0.39, 0.29) is 23.8 Å². The number of aryl methyl sites for hydroxylation is 1. The van der Waals surface area contributed by atoms with Crippen molar-refractivity contribution in [2.24, 2.45) is 0 Å². The number of ether oxygens (including phenoxy) is 1. The van der Waals surface area contributed by atoms with Crippen LogP contribution in [-0.2, 0) is 5.67 Å². The highest BCUT2D eigenvalue weighted by Gasteiger charge is 2.27. The van der Waals surface area contributed by atoms with Crippen molar-refractivity contribution in [3.05, 3.63) is 34.6 Å². The normalized spacial score (nSPS) is 17.1. The minimum Gasteiger partial charge on any atom is -0.493 e. The van der Waals surface area contributed by atoms with Crippen LogP contribution in [0.3, 0.4) is 0 Å². The van der Waals surface area contributed by atoms with Crippen molar-refractivity contribution in [3.8, 4) is 5.75 Å². The lowest BCUT2D eigenvalue weighted by Crippen LogP contribution is -2.24. The van der Waals surface area contributed by atoms with Gasteiger partial charge >= 0.3 is 0 Å². The Hall–Kier alpha value is -2.44. The van der Waals surface area contributed by atoms with Gasteiger partial charge in [0, 0.05) is 12.0 Å². The molecule has 1 aliphatic rings. The Balaban J connectivity index is 1.94. The molecular formula is C17H22FN5O. The molecule has 0 unspecified atom stereocenters. The third-order valence-corrected chi connectivity index (χ3v) is 4.22. The van der Waals surface area contributed by atoms with Crippen molar-refractivity contribution in [1.29, 1.82) is 0 Å². The molecule has 0 bridgehead atoms. The van der Waals surface area contributed by atoms with Crippen LogP contribution in [0, 0.1) is 13.8 Å². The number of nitrogens with zero attached hydrogens (tertiary/aromatic N) is 3. The molecule has 0 amide bonds. The summed E-state index contributed by atoms with van der Waals surface area (Å²) in [4.78, 5) is 12.2. The quantitative estimate of drug-likeness (QED) is 0.898. The Kier molecular flexibility index (Phi) is 4.03. The Morgan fingerprint density at radius 3 is 2.71 bits per heavy atom. The number of hydrogen-bond donors (Lipinski definition) is 2. The fourth-order valence-electron chi connectivity index (χ4n) is 2.74. The Bertz CT molecular complexity index is 772. The zero-order valence-corrected chi connectivity index (χ0v) is 14.4. The number of nitrogens with two attached hydrogens (primary N) is 1. The maximum atomic E-state index is 14.1.